The summed E-state index contributed by atoms with van der Waals surface area (Å²) < 4.78 is 15.3. The molecular weight excluding hydrogens is 326 g/mol. The van der Waals surface area contributed by atoms with Gasteiger partial charge in [0.2, 0.25) is 0 Å². The zero-order chi connectivity index (χ0) is 18.4. The highest BCUT2D eigenvalue weighted by atomic mass is 16.5. The van der Waals surface area contributed by atoms with E-state index in [0.29, 0.717) is 25.0 Å². The van der Waals surface area contributed by atoms with Crippen molar-refractivity contribution in [1.29, 1.82) is 0 Å². The van der Waals surface area contributed by atoms with E-state index in [4.69, 9.17) is 13.9 Å². The molecule has 0 aliphatic heterocycles. The summed E-state index contributed by atoms with van der Waals surface area (Å²) in [5.41, 5.74) is -0.573. The molecule has 1 amide bonds. The molecule has 7 heteroatoms. The molecule has 0 spiro atoms. The number of amides is 1. The van der Waals surface area contributed by atoms with Crippen LogP contribution in [0.3, 0.4) is 0 Å². The van der Waals surface area contributed by atoms with Crippen LogP contribution in [0.5, 0.6) is 5.75 Å². The highest BCUT2D eigenvalue weighted by Gasteiger charge is 2.15. The lowest BCUT2D eigenvalue weighted by Crippen LogP contribution is -2.29. The molecule has 1 N–H and O–H groups in total. The number of methoxy groups -OCH3 is 1. The molecule has 2 rings (SSSR count). The third-order valence-corrected chi connectivity index (χ3v) is 3.45. The van der Waals surface area contributed by atoms with Gasteiger partial charge in [0.1, 0.15) is 16.9 Å². The van der Waals surface area contributed by atoms with Crippen molar-refractivity contribution in [3.63, 3.8) is 0 Å². The molecule has 0 saturated carbocycles. The van der Waals surface area contributed by atoms with Crippen molar-refractivity contribution < 1.29 is 23.5 Å². The number of hydrogen-bond donors (Lipinski definition) is 1. The molecule has 0 fully saturated rings. The first kappa shape index (κ1) is 18.7. The Morgan fingerprint density at radius 3 is 2.68 bits per heavy atom. The number of benzene rings is 1. The largest absolute Gasteiger partial charge is 0.426 e. The minimum atomic E-state index is -0.746. The van der Waals surface area contributed by atoms with Gasteiger partial charge in [0, 0.05) is 31.7 Å². The summed E-state index contributed by atoms with van der Waals surface area (Å²) in [5, 5.41) is 3.20. The molecule has 0 atom stereocenters. The fourth-order valence-electron chi connectivity index (χ4n) is 2.06. The van der Waals surface area contributed by atoms with E-state index in [1.165, 1.54) is 12.1 Å². The lowest BCUT2D eigenvalue weighted by atomic mass is 10.1. The number of esters is 1. The van der Waals surface area contributed by atoms with E-state index in [2.05, 4.69) is 5.32 Å². The number of carbonyl (C=O) groups is 2. The molecule has 0 radical (unpaired) electrons. The van der Waals surface area contributed by atoms with Crippen LogP contribution in [0.4, 0.5) is 0 Å². The van der Waals surface area contributed by atoms with Gasteiger partial charge in [-0.2, -0.15) is 0 Å². The lowest BCUT2D eigenvalue weighted by Gasteiger charge is -2.08. The molecule has 0 saturated heterocycles. The first-order valence-electron chi connectivity index (χ1n) is 7.99. The second-order valence-electron chi connectivity index (χ2n) is 5.83. The fraction of sp³-hybridized carbons (Fsp3) is 0.389. The minimum Gasteiger partial charge on any atom is -0.426 e. The maximum absolute atomic E-state index is 12.1. The summed E-state index contributed by atoms with van der Waals surface area (Å²) >= 11 is 0. The van der Waals surface area contributed by atoms with Gasteiger partial charge in [-0.15, -0.1) is 0 Å². The normalized spacial score (nSPS) is 10.9. The fourth-order valence-corrected chi connectivity index (χ4v) is 2.06. The van der Waals surface area contributed by atoms with Crippen LogP contribution in [0.2, 0.25) is 0 Å². The van der Waals surface area contributed by atoms with Crippen LogP contribution in [0.1, 0.15) is 30.6 Å². The summed E-state index contributed by atoms with van der Waals surface area (Å²) in [7, 11) is 1.58. The lowest BCUT2D eigenvalue weighted by molar-refractivity contribution is -0.137. The van der Waals surface area contributed by atoms with E-state index in [-0.39, 0.29) is 28.8 Å². The van der Waals surface area contributed by atoms with E-state index in [9.17, 15) is 14.4 Å². The zero-order valence-electron chi connectivity index (χ0n) is 14.5. The minimum absolute atomic E-state index is 0.0724. The molecule has 0 aliphatic rings. The van der Waals surface area contributed by atoms with Gasteiger partial charge in [0.25, 0.3) is 5.91 Å². The second kappa shape index (κ2) is 8.43. The van der Waals surface area contributed by atoms with Gasteiger partial charge in [-0.1, -0.05) is 13.8 Å². The van der Waals surface area contributed by atoms with Crippen LogP contribution in [-0.4, -0.2) is 32.1 Å². The number of nitrogens with one attached hydrogen (secondary N) is 1. The first-order chi connectivity index (χ1) is 11.9. The van der Waals surface area contributed by atoms with Crippen LogP contribution in [-0.2, 0) is 9.53 Å². The average molecular weight is 347 g/mol. The van der Waals surface area contributed by atoms with Gasteiger partial charge >= 0.3 is 11.6 Å². The Morgan fingerprint density at radius 2 is 2.00 bits per heavy atom. The number of ether oxygens (including phenoxy) is 2. The number of fused-ring (bicyclic) bond motifs is 1. The summed E-state index contributed by atoms with van der Waals surface area (Å²) in [4.78, 5) is 35.8. The van der Waals surface area contributed by atoms with Crippen LogP contribution in [0.15, 0.2) is 33.5 Å². The van der Waals surface area contributed by atoms with Gasteiger partial charge < -0.3 is 19.2 Å². The summed E-state index contributed by atoms with van der Waals surface area (Å²) in [6.45, 7) is 4.36. The monoisotopic (exact) mass is 347 g/mol. The average Bonchev–Trinajstić information content (AvgIpc) is 2.57. The Kier molecular flexibility index (Phi) is 6.30. The van der Waals surface area contributed by atoms with E-state index in [1.54, 1.807) is 33.1 Å². The van der Waals surface area contributed by atoms with Crippen molar-refractivity contribution in [3.05, 3.63) is 40.2 Å². The molecule has 134 valence electrons. The maximum atomic E-state index is 12.1. The Labute approximate surface area is 144 Å². The van der Waals surface area contributed by atoms with Crippen molar-refractivity contribution in [3.8, 4) is 5.75 Å². The van der Waals surface area contributed by atoms with Gasteiger partial charge in [-0.05, 0) is 24.6 Å². The predicted molar refractivity (Wildman–Crippen MR) is 91.8 cm³/mol. The maximum Gasteiger partial charge on any atom is 0.349 e. The molecule has 25 heavy (non-hydrogen) atoms. The second-order valence-corrected chi connectivity index (χ2v) is 5.83. The van der Waals surface area contributed by atoms with Gasteiger partial charge in [0.05, 0.1) is 5.92 Å². The third-order valence-electron chi connectivity index (χ3n) is 3.45. The van der Waals surface area contributed by atoms with E-state index in [1.807, 2.05) is 0 Å². The Morgan fingerprint density at radius 1 is 1.24 bits per heavy atom. The van der Waals surface area contributed by atoms with E-state index < -0.39 is 11.5 Å². The van der Waals surface area contributed by atoms with E-state index in [0.717, 1.165) is 0 Å². The number of hydrogen-bond acceptors (Lipinski definition) is 6. The van der Waals surface area contributed by atoms with Crippen molar-refractivity contribution in [1.82, 2.24) is 5.32 Å². The quantitative estimate of drug-likeness (QED) is 0.357. The van der Waals surface area contributed by atoms with Crippen molar-refractivity contribution in [2.75, 3.05) is 20.3 Å². The van der Waals surface area contributed by atoms with Gasteiger partial charge in [-0.25, -0.2) is 4.79 Å². The van der Waals surface area contributed by atoms with Gasteiger partial charge in [-0.3, -0.25) is 9.59 Å². The molecule has 1 heterocycles. The molecular formula is C18H21NO6. The summed E-state index contributed by atoms with van der Waals surface area (Å²) in [5.74, 6) is -0.867. The molecule has 1 aromatic carbocycles. The highest BCUT2D eigenvalue weighted by molar-refractivity contribution is 5.96. The zero-order valence-corrected chi connectivity index (χ0v) is 14.5. The highest BCUT2D eigenvalue weighted by Crippen LogP contribution is 2.21. The van der Waals surface area contributed by atoms with Crippen molar-refractivity contribution in [2.45, 2.75) is 20.3 Å². The third kappa shape index (κ3) is 4.90. The number of rotatable bonds is 7. The topological polar surface area (TPSA) is 94.8 Å². The van der Waals surface area contributed by atoms with E-state index >= 15 is 0 Å². The molecule has 7 nitrogen and oxygen atoms in total. The van der Waals surface area contributed by atoms with Crippen LogP contribution >= 0.6 is 0 Å². The molecule has 0 unspecified atom stereocenters. The smallest absolute Gasteiger partial charge is 0.349 e. The summed E-state index contributed by atoms with van der Waals surface area (Å²) in [6, 6.07) is 6.13. The Bertz CT molecular complexity index is 824. The molecule has 0 aliphatic carbocycles. The summed E-state index contributed by atoms with van der Waals surface area (Å²) in [6.07, 6.45) is 0.645. The van der Waals surface area contributed by atoms with Crippen LogP contribution in [0.25, 0.3) is 11.0 Å². The SMILES string of the molecule is COCCCNC(=O)c1cc2ccc(OC(=O)C(C)C)cc2oc1=O. The van der Waals surface area contributed by atoms with Crippen molar-refractivity contribution >= 4 is 22.8 Å². The first-order valence-corrected chi connectivity index (χ1v) is 7.99. The predicted octanol–water partition coefficient (Wildman–Crippen LogP) is 2.12. The Balaban J connectivity index is 2.20. The Hall–Kier alpha value is -2.67. The molecule has 2 aromatic rings. The van der Waals surface area contributed by atoms with Crippen LogP contribution in [0, 0.1) is 5.92 Å². The van der Waals surface area contributed by atoms with Crippen LogP contribution < -0.4 is 15.7 Å². The molecule has 1 aromatic heterocycles. The number of carbonyl (C=O) groups excluding carboxylic acids is 2. The standard InChI is InChI=1S/C18H21NO6/c1-11(2)17(21)24-13-6-5-12-9-14(18(22)25-15(12)10-13)16(20)19-7-4-8-23-3/h5-6,9-11H,4,7-8H2,1-3H3,(H,19,20). The molecule has 0 bridgehead atoms. The van der Waals surface area contributed by atoms with Crippen molar-refractivity contribution in [2.24, 2.45) is 5.92 Å². The van der Waals surface area contributed by atoms with Gasteiger partial charge in [0.15, 0.2) is 0 Å².